The van der Waals surface area contributed by atoms with Gasteiger partial charge in [0.15, 0.2) is 6.10 Å². The second-order valence-corrected chi connectivity index (χ2v) is 6.91. The van der Waals surface area contributed by atoms with E-state index < -0.39 is 12.1 Å². The number of hydrogen-bond donors (Lipinski definition) is 0. The summed E-state index contributed by atoms with van der Waals surface area (Å²) in [5.74, 6) is 0.831. The predicted octanol–water partition coefficient (Wildman–Crippen LogP) is 1.70. The number of carbonyl (C=O) groups excluding carboxylic acids is 2. The molecule has 0 aliphatic carbocycles. The third kappa shape index (κ3) is 4.61. The first-order valence-electron chi connectivity index (χ1n) is 9.69. The van der Waals surface area contributed by atoms with Gasteiger partial charge in [-0.3, -0.25) is 4.79 Å². The third-order valence-electron chi connectivity index (χ3n) is 5.05. The van der Waals surface area contributed by atoms with Gasteiger partial charge >= 0.3 is 5.97 Å². The lowest BCUT2D eigenvalue weighted by Gasteiger charge is -2.35. The minimum atomic E-state index is -0.907. The molecule has 0 saturated carbocycles. The van der Waals surface area contributed by atoms with Gasteiger partial charge in [-0.1, -0.05) is 0 Å². The van der Waals surface area contributed by atoms with E-state index in [1.54, 1.807) is 42.4 Å². The number of ether oxygens (including phenoxy) is 3. The van der Waals surface area contributed by atoms with Crippen LogP contribution in [0.4, 0.5) is 5.95 Å². The molecule has 1 aromatic heterocycles. The van der Waals surface area contributed by atoms with Crippen molar-refractivity contribution < 1.29 is 23.8 Å². The van der Waals surface area contributed by atoms with Crippen molar-refractivity contribution in [3.05, 3.63) is 41.7 Å². The summed E-state index contributed by atoms with van der Waals surface area (Å²) in [5.41, 5.74) is 1.04. The van der Waals surface area contributed by atoms with Gasteiger partial charge in [-0.05, 0) is 32.0 Å². The molecular formula is C21H26N4O5. The molecule has 2 aromatic rings. The van der Waals surface area contributed by atoms with Crippen LogP contribution < -0.4 is 14.4 Å². The zero-order valence-electron chi connectivity index (χ0n) is 17.6. The summed E-state index contributed by atoms with van der Waals surface area (Å²) in [5, 5.41) is 0. The molecule has 0 radical (unpaired) electrons. The van der Waals surface area contributed by atoms with E-state index >= 15 is 0 Å². The highest BCUT2D eigenvalue weighted by molar-refractivity contribution is 5.93. The number of anilines is 1. The van der Waals surface area contributed by atoms with E-state index in [9.17, 15) is 9.59 Å². The summed E-state index contributed by atoms with van der Waals surface area (Å²) in [6, 6.07) is 4.92. The van der Waals surface area contributed by atoms with Crippen LogP contribution in [0, 0.1) is 6.92 Å². The van der Waals surface area contributed by atoms with Crippen LogP contribution in [0.5, 0.6) is 11.5 Å². The quantitative estimate of drug-likeness (QED) is 0.660. The number of hydrogen-bond acceptors (Lipinski definition) is 8. The highest BCUT2D eigenvalue weighted by atomic mass is 16.5. The van der Waals surface area contributed by atoms with Crippen LogP contribution in [-0.2, 0) is 9.53 Å². The molecule has 1 saturated heterocycles. The fourth-order valence-corrected chi connectivity index (χ4v) is 3.32. The first kappa shape index (κ1) is 21.4. The highest BCUT2D eigenvalue weighted by Crippen LogP contribution is 2.30. The van der Waals surface area contributed by atoms with Crippen LogP contribution >= 0.6 is 0 Å². The van der Waals surface area contributed by atoms with Gasteiger partial charge in [-0.2, -0.15) is 0 Å². The zero-order chi connectivity index (χ0) is 21.7. The van der Waals surface area contributed by atoms with Crippen LogP contribution in [0.15, 0.2) is 30.6 Å². The SMILES string of the molecule is COc1cc(C(=O)OC(C)C(=O)N2CCN(c3ncccn3)CC2)cc(OC)c1C. The van der Waals surface area contributed by atoms with E-state index in [-0.39, 0.29) is 11.5 Å². The molecule has 0 N–H and O–H groups in total. The van der Waals surface area contributed by atoms with Crippen molar-refractivity contribution in [1.29, 1.82) is 0 Å². The molecule has 1 amide bonds. The van der Waals surface area contributed by atoms with E-state index in [1.165, 1.54) is 14.2 Å². The molecule has 2 heterocycles. The summed E-state index contributed by atoms with van der Waals surface area (Å²) < 4.78 is 16.0. The molecule has 1 aromatic carbocycles. The van der Waals surface area contributed by atoms with Gasteiger partial charge in [-0.15, -0.1) is 0 Å². The summed E-state index contributed by atoms with van der Waals surface area (Å²) in [7, 11) is 3.03. The van der Waals surface area contributed by atoms with E-state index in [4.69, 9.17) is 14.2 Å². The Hall–Kier alpha value is -3.36. The molecule has 1 aliphatic heterocycles. The molecule has 9 heteroatoms. The topological polar surface area (TPSA) is 94.1 Å². The van der Waals surface area contributed by atoms with Crippen LogP contribution in [0.3, 0.4) is 0 Å². The zero-order valence-corrected chi connectivity index (χ0v) is 17.6. The normalized spacial score (nSPS) is 14.8. The summed E-state index contributed by atoms with van der Waals surface area (Å²) in [6.45, 7) is 5.65. The van der Waals surface area contributed by atoms with E-state index in [2.05, 4.69) is 9.97 Å². The van der Waals surface area contributed by atoms with Crippen molar-refractivity contribution in [1.82, 2.24) is 14.9 Å². The highest BCUT2D eigenvalue weighted by Gasteiger charge is 2.28. The number of piperazine rings is 1. The maximum atomic E-state index is 12.8. The van der Waals surface area contributed by atoms with E-state index in [0.717, 1.165) is 5.56 Å². The molecule has 30 heavy (non-hydrogen) atoms. The summed E-state index contributed by atoms with van der Waals surface area (Å²) in [6.07, 6.45) is 2.47. The molecule has 160 valence electrons. The number of nitrogens with zero attached hydrogens (tertiary/aromatic N) is 4. The molecule has 1 unspecified atom stereocenters. The summed E-state index contributed by atoms with van der Waals surface area (Å²) in [4.78, 5) is 37.5. The number of methoxy groups -OCH3 is 2. The first-order chi connectivity index (χ1) is 14.4. The van der Waals surface area contributed by atoms with Gasteiger partial charge in [0, 0.05) is 44.1 Å². The number of carbonyl (C=O) groups is 2. The molecule has 1 fully saturated rings. The number of esters is 1. The average molecular weight is 414 g/mol. The predicted molar refractivity (Wildman–Crippen MR) is 110 cm³/mol. The standard InChI is InChI=1S/C21H26N4O5/c1-14-17(28-3)12-16(13-18(14)29-4)20(27)30-15(2)19(26)24-8-10-25(11-9-24)21-22-6-5-7-23-21/h5-7,12-13,15H,8-11H2,1-4H3. The molecule has 0 spiro atoms. The van der Waals surface area contributed by atoms with Crippen LogP contribution in [-0.4, -0.2) is 73.2 Å². The van der Waals surface area contributed by atoms with Gasteiger partial charge in [0.25, 0.3) is 5.91 Å². The van der Waals surface area contributed by atoms with Crippen molar-refractivity contribution in [2.75, 3.05) is 45.3 Å². The van der Waals surface area contributed by atoms with Gasteiger partial charge in [-0.25, -0.2) is 14.8 Å². The second-order valence-electron chi connectivity index (χ2n) is 6.91. The summed E-state index contributed by atoms with van der Waals surface area (Å²) >= 11 is 0. The Bertz CT molecular complexity index is 873. The molecular weight excluding hydrogens is 388 g/mol. The molecule has 9 nitrogen and oxygen atoms in total. The Kier molecular flexibility index (Phi) is 6.71. The van der Waals surface area contributed by atoms with Gasteiger partial charge in [0.05, 0.1) is 19.8 Å². The lowest BCUT2D eigenvalue weighted by molar-refractivity contribution is -0.140. The number of benzene rings is 1. The monoisotopic (exact) mass is 414 g/mol. The molecule has 1 atom stereocenters. The van der Waals surface area contributed by atoms with E-state index in [0.29, 0.717) is 43.6 Å². The Morgan fingerprint density at radius 3 is 2.10 bits per heavy atom. The van der Waals surface area contributed by atoms with Crippen molar-refractivity contribution in [2.24, 2.45) is 0 Å². The molecule has 0 bridgehead atoms. The number of rotatable bonds is 6. The minimum absolute atomic E-state index is 0.233. The molecule has 1 aliphatic rings. The third-order valence-corrected chi connectivity index (χ3v) is 5.05. The van der Waals surface area contributed by atoms with Crippen LogP contribution in [0.1, 0.15) is 22.8 Å². The maximum Gasteiger partial charge on any atom is 0.339 e. The van der Waals surface area contributed by atoms with Crippen LogP contribution in [0.2, 0.25) is 0 Å². The van der Waals surface area contributed by atoms with Crippen molar-refractivity contribution in [2.45, 2.75) is 20.0 Å². The van der Waals surface area contributed by atoms with Gasteiger partial charge < -0.3 is 24.0 Å². The second kappa shape index (κ2) is 9.43. The Balaban J connectivity index is 1.60. The fraction of sp³-hybridized carbons (Fsp3) is 0.429. The van der Waals surface area contributed by atoms with Crippen molar-refractivity contribution in [3.8, 4) is 11.5 Å². The first-order valence-corrected chi connectivity index (χ1v) is 9.69. The van der Waals surface area contributed by atoms with Crippen molar-refractivity contribution >= 4 is 17.8 Å². The lowest BCUT2D eigenvalue weighted by Crippen LogP contribution is -2.52. The van der Waals surface area contributed by atoms with Crippen molar-refractivity contribution in [3.63, 3.8) is 0 Å². The van der Waals surface area contributed by atoms with Gasteiger partial charge in [0.2, 0.25) is 5.95 Å². The Morgan fingerprint density at radius 2 is 1.57 bits per heavy atom. The molecule has 3 rings (SSSR count). The van der Waals surface area contributed by atoms with Crippen LogP contribution in [0.25, 0.3) is 0 Å². The largest absolute Gasteiger partial charge is 0.496 e. The Labute approximate surface area is 175 Å². The smallest absolute Gasteiger partial charge is 0.339 e. The minimum Gasteiger partial charge on any atom is -0.496 e. The maximum absolute atomic E-state index is 12.8. The average Bonchev–Trinajstić information content (AvgIpc) is 2.79. The van der Waals surface area contributed by atoms with E-state index in [1.807, 2.05) is 11.8 Å². The number of amides is 1. The fourth-order valence-electron chi connectivity index (χ4n) is 3.32. The van der Waals surface area contributed by atoms with Gasteiger partial charge in [0.1, 0.15) is 11.5 Å². The number of aromatic nitrogens is 2. The Morgan fingerprint density at radius 1 is 1.00 bits per heavy atom. The lowest BCUT2D eigenvalue weighted by atomic mass is 10.1.